The molecule has 10 heteroatoms. The molecule has 43 heavy (non-hydrogen) atoms. The van der Waals surface area contributed by atoms with E-state index in [-0.39, 0.29) is 17.5 Å². The van der Waals surface area contributed by atoms with Crippen molar-refractivity contribution in [2.75, 3.05) is 33.9 Å². The summed E-state index contributed by atoms with van der Waals surface area (Å²) in [5, 5.41) is 2.97. The lowest BCUT2D eigenvalue weighted by Gasteiger charge is -2.38. The van der Waals surface area contributed by atoms with E-state index in [0.717, 1.165) is 22.3 Å². The van der Waals surface area contributed by atoms with Gasteiger partial charge in [-0.15, -0.1) is 0 Å². The summed E-state index contributed by atoms with van der Waals surface area (Å²) in [6, 6.07) is 16.9. The van der Waals surface area contributed by atoms with Crippen LogP contribution in [-0.4, -0.2) is 55.6 Å². The van der Waals surface area contributed by atoms with Gasteiger partial charge in [-0.05, 0) is 77.9 Å². The van der Waals surface area contributed by atoms with Crippen molar-refractivity contribution in [1.29, 1.82) is 0 Å². The number of carbonyl (C=O) groups excluding carboxylic acids is 2. The summed E-state index contributed by atoms with van der Waals surface area (Å²) in [6.07, 6.45) is 4.78. The monoisotopic (exact) mass is 583 g/mol. The molecule has 4 aromatic rings. The van der Waals surface area contributed by atoms with Gasteiger partial charge in [0.2, 0.25) is 5.91 Å². The first-order chi connectivity index (χ1) is 21.0. The first-order valence-corrected chi connectivity index (χ1v) is 14.3. The first kappa shape index (κ1) is 28.1. The maximum atomic E-state index is 13.7. The second kappa shape index (κ2) is 12.5. The van der Waals surface area contributed by atoms with Gasteiger partial charge in [-0.1, -0.05) is 18.2 Å². The number of benzene rings is 3. The summed E-state index contributed by atoms with van der Waals surface area (Å²) in [5.41, 5.74) is 4.00. The van der Waals surface area contributed by atoms with Gasteiger partial charge in [0.05, 0.1) is 26.9 Å². The van der Waals surface area contributed by atoms with E-state index in [2.05, 4.69) is 10.3 Å². The molecule has 3 aromatic carbocycles. The molecule has 10 nitrogen and oxygen atoms in total. The SMILES string of the molecule is COc1ccc2cc1OCCCNC(=O)CCc1cccc(c1)Oc1cc3c(cc1OC)C2N(C(=O)c1cocn1)CC3. The van der Waals surface area contributed by atoms with Crippen molar-refractivity contribution in [3.05, 3.63) is 95.2 Å². The van der Waals surface area contributed by atoms with Gasteiger partial charge in [0, 0.05) is 19.5 Å². The third-order valence-corrected chi connectivity index (χ3v) is 7.74. The first-order valence-electron chi connectivity index (χ1n) is 14.3. The van der Waals surface area contributed by atoms with Gasteiger partial charge in [0.25, 0.3) is 5.91 Å². The largest absolute Gasteiger partial charge is 0.493 e. The molecule has 0 spiro atoms. The van der Waals surface area contributed by atoms with E-state index >= 15 is 0 Å². The second-order valence-electron chi connectivity index (χ2n) is 10.4. The normalized spacial score (nSPS) is 16.8. The number of nitrogens with zero attached hydrogens (tertiary/aromatic N) is 2. The summed E-state index contributed by atoms with van der Waals surface area (Å²) < 4.78 is 29.0. The molecular weight excluding hydrogens is 550 g/mol. The number of fused-ring (bicyclic) bond motifs is 8. The van der Waals surface area contributed by atoms with Crippen LogP contribution in [0.15, 0.2) is 71.7 Å². The quantitative estimate of drug-likeness (QED) is 0.355. The van der Waals surface area contributed by atoms with E-state index < -0.39 is 6.04 Å². The third kappa shape index (κ3) is 5.99. The highest BCUT2D eigenvalue weighted by Crippen LogP contribution is 2.44. The minimum absolute atomic E-state index is 0.0240. The van der Waals surface area contributed by atoms with Crippen LogP contribution in [0.1, 0.15) is 51.6 Å². The molecule has 0 fully saturated rings. The van der Waals surface area contributed by atoms with Crippen LogP contribution in [0.5, 0.6) is 28.7 Å². The number of carbonyl (C=O) groups is 2. The Hall–Kier alpha value is -4.99. The number of aromatic nitrogens is 1. The Morgan fingerprint density at radius 1 is 1.00 bits per heavy atom. The molecule has 1 unspecified atom stereocenters. The molecule has 0 saturated carbocycles. The van der Waals surface area contributed by atoms with Crippen LogP contribution in [0.2, 0.25) is 0 Å². The van der Waals surface area contributed by atoms with E-state index in [0.29, 0.717) is 74.1 Å². The van der Waals surface area contributed by atoms with Crippen LogP contribution in [0.4, 0.5) is 0 Å². The zero-order valence-electron chi connectivity index (χ0n) is 24.1. The zero-order chi connectivity index (χ0) is 29.8. The van der Waals surface area contributed by atoms with Crippen molar-refractivity contribution in [3.8, 4) is 28.7 Å². The summed E-state index contributed by atoms with van der Waals surface area (Å²) >= 11 is 0. The van der Waals surface area contributed by atoms with E-state index in [1.807, 2.05) is 54.6 Å². The molecule has 1 atom stereocenters. The maximum absolute atomic E-state index is 13.7. The van der Waals surface area contributed by atoms with Crippen LogP contribution in [0, 0.1) is 0 Å². The summed E-state index contributed by atoms with van der Waals surface area (Å²) in [4.78, 5) is 32.1. The number of ether oxygens (including phenoxy) is 4. The van der Waals surface area contributed by atoms with E-state index in [4.69, 9.17) is 23.4 Å². The van der Waals surface area contributed by atoms with Gasteiger partial charge in [-0.25, -0.2) is 4.98 Å². The van der Waals surface area contributed by atoms with Gasteiger partial charge in [-0.2, -0.15) is 0 Å². The number of hydrogen-bond donors (Lipinski definition) is 1. The van der Waals surface area contributed by atoms with Crippen molar-refractivity contribution in [1.82, 2.24) is 15.2 Å². The second-order valence-corrected chi connectivity index (χ2v) is 10.4. The highest BCUT2D eigenvalue weighted by molar-refractivity contribution is 5.92. The predicted octanol–water partition coefficient (Wildman–Crippen LogP) is 5.10. The number of amides is 2. The van der Waals surface area contributed by atoms with Crippen LogP contribution in [0.25, 0.3) is 0 Å². The fourth-order valence-corrected chi connectivity index (χ4v) is 5.61. The summed E-state index contributed by atoms with van der Waals surface area (Å²) in [7, 11) is 3.18. The number of aryl methyl sites for hydroxylation is 1. The third-order valence-electron chi connectivity index (χ3n) is 7.74. The molecule has 222 valence electrons. The number of methoxy groups -OCH3 is 2. The predicted molar refractivity (Wildman–Crippen MR) is 157 cm³/mol. The topological polar surface area (TPSA) is 112 Å². The van der Waals surface area contributed by atoms with Crippen molar-refractivity contribution in [2.45, 2.75) is 31.7 Å². The number of nitrogens with one attached hydrogen (secondary N) is 1. The Balaban J connectivity index is 1.47. The van der Waals surface area contributed by atoms with Crippen LogP contribution in [-0.2, 0) is 17.6 Å². The highest BCUT2D eigenvalue weighted by Gasteiger charge is 2.35. The summed E-state index contributed by atoms with van der Waals surface area (Å²) in [6.45, 7) is 1.31. The Morgan fingerprint density at radius 3 is 2.70 bits per heavy atom. The number of rotatable bonds is 3. The maximum Gasteiger partial charge on any atom is 0.276 e. The molecule has 1 N–H and O–H groups in total. The van der Waals surface area contributed by atoms with Gasteiger partial charge in [-0.3, -0.25) is 9.59 Å². The minimum atomic E-state index is -0.475. The Kier molecular flexibility index (Phi) is 8.17. The molecule has 7 rings (SSSR count). The van der Waals surface area contributed by atoms with Gasteiger partial charge >= 0.3 is 0 Å². The number of oxazole rings is 1. The average molecular weight is 584 g/mol. The van der Waals surface area contributed by atoms with Crippen molar-refractivity contribution >= 4 is 11.8 Å². The zero-order valence-corrected chi connectivity index (χ0v) is 24.1. The highest BCUT2D eigenvalue weighted by atomic mass is 16.5. The van der Waals surface area contributed by atoms with Gasteiger partial charge < -0.3 is 33.6 Å². The van der Waals surface area contributed by atoms with Gasteiger partial charge in [0.15, 0.2) is 35.1 Å². The van der Waals surface area contributed by atoms with Crippen molar-refractivity contribution in [3.63, 3.8) is 0 Å². The van der Waals surface area contributed by atoms with E-state index in [1.165, 1.54) is 12.7 Å². The molecule has 0 radical (unpaired) electrons. The standard InChI is InChI=1S/C33H33N3O7/c1-39-27-9-8-23-17-29(27)42-14-4-12-34-31(37)10-7-21-5-3-6-24(15-21)43-30-16-22-11-13-36(33(38)26-19-41-20-35-26)32(23)25(22)18-28(30)40-2/h3,5-6,8-9,15-20,32H,4,7,10-14H2,1-2H3,(H,34,37). The fraction of sp³-hybridized carbons (Fsp3) is 0.303. The molecule has 4 heterocycles. The fourth-order valence-electron chi connectivity index (χ4n) is 5.61. The lowest BCUT2D eigenvalue weighted by Crippen LogP contribution is -2.40. The lowest BCUT2D eigenvalue weighted by atomic mass is 9.87. The molecule has 0 saturated heterocycles. The van der Waals surface area contributed by atoms with Gasteiger partial charge in [0.1, 0.15) is 12.0 Å². The molecule has 2 amide bonds. The minimum Gasteiger partial charge on any atom is -0.493 e. The van der Waals surface area contributed by atoms with E-state index in [9.17, 15) is 9.59 Å². The summed E-state index contributed by atoms with van der Waals surface area (Å²) in [5.74, 6) is 2.60. The van der Waals surface area contributed by atoms with Crippen molar-refractivity contribution in [2.24, 2.45) is 0 Å². The van der Waals surface area contributed by atoms with Crippen LogP contribution < -0.4 is 24.3 Å². The van der Waals surface area contributed by atoms with E-state index in [1.54, 1.807) is 19.1 Å². The Bertz CT molecular complexity index is 1620. The molecule has 8 bridgehead atoms. The molecule has 3 aliphatic heterocycles. The van der Waals surface area contributed by atoms with Crippen molar-refractivity contribution < 1.29 is 33.0 Å². The number of hydrogen-bond acceptors (Lipinski definition) is 8. The molecule has 3 aliphatic rings. The average Bonchev–Trinajstić information content (AvgIpc) is 3.57. The van der Waals surface area contributed by atoms with Crippen LogP contribution in [0.3, 0.4) is 0 Å². The molecule has 0 aliphatic carbocycles. The molecular formula is C33H33N3O7. The Morgan fingerprint density at radius 2 is 1.88 bits per heavy atom. The lowest BCUT2D eigenvalue weighted by molar-refractivity contribution is -0.121. The van der Waals surface area contributed by atoms with Crippen LogP contribution >= 0.6 is 0 Å². The Labute approximate surface area is 249 Å². The molecule has 1 aromatic heterocycles. The smallest absolute Gasteiger partial charge is 0.276 e.